The third-order valence-corrected chi connectivity index (χ3v) is 3.73. The summed E-state index contributed by atoms with van der Waals surface area (Å²) in [6.45, 7) is 0.921. The van der Waals surface area contributed by atoms with Gasteiger partial charge in [0.25, 0.3) is 0 Å². The van der Waals surface area contributed by atoms with Crippen LogP contribution in [0.2, 0.25) is 0 Å². The van der Waals surface area contributed by atoms with Crippen LogP contribution in [0.25, 0.3) is 0 Å². The van der Waals surface area contributed by atoms with Crippen molar-refractivity contribution in [3.8, 4) is 0 Å². The van der Waals surface area contributed by atoms with E-state index >= 15 is 0 Å². The molecule has 0 spiro atoms. The molecule has 17 heavy (non-hydrogen) atoms. The van der Waals surface area contributed by atoms with Gasteiger partial charge in [0, 0.05) is 10.0 Å². The molecule has 0 aliphatic heterocycles. The van der Waals surface area contributed by atoms with Crippen LogP contribution in [-0.4, -0.2) is 38.0 Å². The number of hydrogen-bond acceptors (Lipinski definition) is 1. The first-order valence-corrected chi connectivity index (χ1v) is 6.79. The van der Waals surface area contributed by atoms with Gasteiger partial charge in [-0.1, -0.05) is 22.0 Å². The van der Waals surface area contributed by atoms with Gasteiger partial charge in [-0.25, -0.2) is 0 Å². The van der Waals surface area contributed by atoms with Gasteiger partial charge in [0.2, 0.25) is 0 Å². The normalized spacial score (nSPS) is 20.2. The summed E-state index contributed by atoms with van der Waals surface area (Å²) >= 11 is 3.44. The van der Waals surface area contributed by atoms with Crippen molar-refractivity contribution >= 4 is 21.7 Å². The molecule has 0 aromatic heterocycles. The van der Waals surface area contributed by atoms with E-state index in [2.05, 4.69) is 43.1 Å². The van der Waals surface area contributed by atoms with Crippen molar-refractivity contribution in [1.29, 1.82) is 0 Å². The van der Waals surface area contributed by atoms with Crippen molar-refractivity contribution in [1.82, 2.24) is 0 Å². The average molecular weight is 297 g/mol. The van der Waals surface area contributed by atoms with E-state index in [1.54, 1.807) is 0 Å². The Bertz CT molecular complexity index is 448. The van der Waals surface area contributed by atoms with Crippen LogP contribution in [0.15, 0.2) is 22.7 Å². The van der Waals surface area contributed by atoms with Crippen LogP contribution in [0.4, 0.5) is 0 Å². The van der Waals surface area contributed by atoms with Gasteiger partial charge in [-0.15, -0.1) is 0 Å². The number of quaternary nitrogens is 1. The molecule has 0 bridgehead atoms. The Kier molecular flexibility index (Phi) is 3.41. The zero-order valence-electron chi connectivity index (χ0n) is 10.7. The molecule has 0 N–H and O–H groups in total. The highest BCUT2D eigenvalue weighted by molar-refractivity contribution is 9.10. The molecule has 0 saturated heterocycles. The lowest BCUT2D eigenvalue weighted by Crippen LogP contribution is -2.42. The lowest BCUT2D eigenvalue weighted by atomic mass is 9.82. The summed E-state index contributed by atoms with van der Waals surface area (Å²) in [7, 11) is 6.43. The number of aryl methyl sites for hydroxylation is 1. The number of nitrogens with zero attached hydrogens (tertiary/aromatic N) is 1. The maximum absolute atomic E-state index is 12.4. The molecule has 1 unspecified atom stereocenters. The topological polar surface area (TPSA) is 17.1 Å². The Morgan fingerprint density at radius 3 is 2.71 bits per heavy atom. The summed E-state index contributed by atoms with van der Waals surface area (Å²) in [6.07, 6.45) is 2.02. The molecule has 1 atom stereocenters. The molecule has 2 rings (SSSR count). The first-order chi connectivity index (χ1) is 7.87. The van der Waals surface area contributed by atoms with E-state index in [1.165, 1.54) is 5.56 Å². The number of Topliss-reactive ketones (excluding diaryl/α,β-unsaturated/α-hetero) is 1. The number of hydrogen-bond donors (Lipinski definition) is 0. The number of benzene rings is 1. The molecule has 1 aromatic rings. The van der Waals surface area contributed by atoms with Gasteiger partial charge in [-0.2, -0.15) is 0 Å². The lowest BCUT2D eigenvalue weighted by Gasteiger charge is -2.31. The number of fused-ring (bicyclic) bond motifs is 1. The summed E-state index contributed by atoms with van der Waals surface area (Å²) in [5.41, 5.74) is 2.12. The van der Waals surface area contributed by atoms with Crippen molar-refractivity contribution in [3.05, 3.63) is 33.8 Å². The molecule has 0 saturated carbocycles. The van der Waals surface area contributed by atoms with Gasteiger partial charge in [-0.3, -0.25) is 4.79 Å². The van der Waals surface area contributed by atoms with Gasteiger partial charge < -0.3 is 4.48 Å². The Morgan fingerprint density at radius 2 is 2.06 bits per heavy atom. The van der Waals surface area contributed by atoms with Crippen LogP contribution in [-0.2, 0) is 6.42 Å². The average Bonchev–Trinajstić information content (AvgIpc) is 2.21. The third-order valence-electron chi connectivity index (χ3n) is 3.24. The lowest BCUT2D eigenvalue weighted by molar-refractivity contribution is -0.872. The number of carbonyl (C=O) groups is 1. The van der Waals surface area contributed by atoms with E-state index < -0.39 is 0 Å². The molecule has 1 aliphatic rings. The zero-order chi connectivity index (χ0) is 12.6. The SMILES string of the molecule is C[N+](C)(C)CC1CCc2ccc(Br)cc2C1=O. The first-order valence-electron chi connectivity index (χ1n) is 6.00. The molecule has 2 nitrogen and oxygen atoms in total. The summed E-state index contributed by atoms with van der Waals surface area (Å²) in [5, 5.41) is 0. The summed E-state index contributed by atoms with van der Waals surface area (Å²) in [6, 6.07) is 6.06. The Hall–Kier alpha value is -0.670. The quantitative estimate of drug-likeness (QED) is 0.767. The first kappa shape index (κ1) is 12.8. The van der Waals surface area contributed by atoms with Crippen molar-refractivity contribution in [2.45, 2.75) is 12.8 Å². The minimum absolute atomic E-state index is 0.178. The number of rotatable bonds is 2. The predicted molar refractivity (Wildman–Crippen MR) is 73.2 cm³/mol. The predicted octanol–water partition coefficient (Wildman–Crippen LogP) is 2.90. The van der Waals surface area contributed by atoms with E-state index in [0.717, 1.165) is 33.9 Å². The van der Waals surface area contributed by atoms with Crippen molar-refractivity contribution < 1.29 is 9.28 Å². The van der Waals surface area contributed by atoms with Crippen molar-refractivity contribution in [2.75, 3.05) is 27.7 Å². The third kappa shape index (κ3) is 2.96. The fourth-order valence-electron chi connectivity index (χ4n) is 2.51. The second kappa shape index (κ2) is 4.54. The van der Waals surface area contributed by atoms with Crippen LogP contribution >= 0.6 is 15.9 Å². The monoisotopic (exact) mass is 296 g/mol. The van der Waals surface area contributed by atoms with E-state index in [4.69, 9.17) is 0 Å². The number of carbonyl (C=O) groups excluding carboxylic acids is 1. The van der Waals surface area contributed by atoms with Gasteiger partial charge in [0.1, 0.15) is 0 Å². The van der Waals surface area contributed by atoms with Crippen molar-refractivity contribution in [2.24, 2.45) is 5.92 Å². The highest BCUT2D eigenvalue weighted by Gasteiger charge is 2.31. The molecule has 0 amide bonds. The van der Waals surface area contributed by atoms with E-state index in [1.807, 2.05) is 12.1 Å². The largest absolute Gasteiger partial charge is 0.330 e. The van der Waals surface area contributed by atoms with Gasteiger partial charge >= 0.3 is 0 Å². The molecule has 1 aromatic carbocycles. The van der Waals surface area contributed by atoms with E-state index in [0.29, 0.717) is 5.78 Å². The minimum Gasteiger partial charge on any atom is -0.330 e. The highest BCUT2D eigenvalue weighted by atomic mass is 79.9. The molecule has 0 radical (unpaired) electrons. The fourth-order valence-corrected chi connectivity index (χ4v) is 2.87. The fraction of sp³-hybridized carbons (Fsp3) is 0.500. The van der Waals surface area contributed by atoms with Gasteiger partial charge in [0.15, 0.2) is 5.78 Å². The van der Waals surface area contributed by atoms with Crippen LogP contribution < -0.4 is 0 Å². The summed E-state index contributed by atoms with van der Waals surface area (Å²) < 4.78 is 1.84. The maximum Gasteiger partial charge on any atom is 0.171 e. The summed E-state index contributed by atoms with van der Waals surface area (Å²) in [4.78, 5) is 12.4. The summed E-state index contributed by atoms with van der Waals surface area (Å²) in [5.74, 6) is 0.498. The van der Waals surface area contributed by atoms with Crippen LogP contribution in [0.5, 0.6) is 0 Å². The molecular formula is C14H19BrNO+. The molecule has 0 fully saturated rings. The molecule has 3 heteroatoms. The zero-order valence-corrected chi connectivity index (χ0v) is 12.3. The Morgan fingerprint density at radius 1 is 1.35 bits per heavy atom. The maximum atomic E-state index is 12.4. The minimum atomic E-state index is 0.178. The number of ketones is 1. The standard InChI is InChI=1S/C14H19BrNO/c1-16(2,3)9-11-5-4-10-6-7-12(15)8-13(10)14(11)17/h6-8,11H,4-5,9H2,1-3H3/q+1. The van der Waals surface area contributed by atoms with Gasteiger partial charge in [0.05, 0.1) is 33.6 Å². The van der Waals surface area contributed by atoms with Gasteiger partial charge in [-0.05, 0) is 30.5 Å². The number of halogens is 1. The highest BCUT2D eigenvalue weighted by Crippen LogP contribution is 2.28. The van der Waals surface area contributed by atoms with E-state index in [-0.39, 0.29) is 5.92 Å². The smallest absolute Gasteiger partial charge is 0.171 e. The van der Waals surface area contributed by atoms with Crippen molar-refractivity contribution in [3.63, 3.8) is 0 Å². The van der Waals surface area contributed by atoms with Crippen LogP contribution in [0.3, 0.4) is 0 Å². The Labute approximate surface area is 111 Å². The second-order valence-electron chi connectivity index (χ2n) is 5.87. The van der Waals surface area contributed by atoms with Crippen LogP contribution in [0.1, 0.15) is 22.3 Å². The molecule has 0 heterocycles. The molecule has 1 aliphatic carbocycles. The molecule has 92 valence electrons. The second-order valence-corrected chi connectivity index (χ2v) is 6.79. The van der Waals surface area contributed by atoms with E-state index in [9.17, 15) is 4.79 Å². The Balaban J connectivity index is 2.26. The van der Waals surface area contributed by atoms with Crippen LogP contribution in [0, 0.1) is 5.92 Å². The molecular weight excluding hydrogens is 278 g/mol.